The fraction of sp³-hybridized carbons (Fsp3) is 0.143. The van der Waals surface area contributed by atoms with Crippen molar-refractivity contribution in [2.75, 3.05) is 4.90 Å². The maximum atomic E-state index is 13.9. The summed E-state index contributed by atoms with van der Waals surface area (Å²) in [5, 5.41) is 2.34. The van der Waals surface area contributed by atoms with Crippen molar-refractivity contribution in [1.29, 1.82) is 0 Å². The number of benzene rings is 9. The van der Waals surface area contributed by atoms with Crippen LogP contribution in [0, 0.1) is 0 Å². The molecule has 0 radical (unpaired) electrons. The monoisotopic (exact) mass is 881 g/mol. The van der Waals surface area contributed by atoms with Gasteiger partial charge in [0.05, 0.1) is 20.6 Å². The van der Waals surface area contributed by atoms with Crippen LogP contribution in [0.5, 0.6) is 0 Å². The van der Waals surface area contributed by atoms with E-state index in [1.54, 1.807) is 0 Å². The molecule has 1 unspecified atom stereocenters. The van der Waals surface area contributed by atoms with Crippen LogP contribution < -0.4 is 4.90 Å². The molecule has 0 saturated heterocycles. The summed E-state index contributed by atoms with van der Waals surface area (Å²) < 4.78 is 20.6. The van der Waals surface area contributed by atoms with E-state index >= 15 is 0 Å². The molecule has 2 heterocycles. The first-order valence-electron chi connectivity index (χ1n) is 23.5. The Labute approximate surface area is 393 Å². The number of hydrogen-bond acceptors (Lipinski definition) is 3. The average molecular weight is 882 g/mol. The smallest absolute Gasteiger partial charge is 0.143 e. The lowest BCUT2D eigenvalue weighted by atomic mass is 9.79. The second-order valence-corrected chi connectivity index (χ2v) is 22.0. The van der Waals surface area contributed by atoms with E-state index in [1.807, 2.05) is 12.1 Å². The van der Waals surface area contributed by atoms with Crippen molar-refractivity contribution >= 4 is 49.8 Å². The molecule has 3 nitrogen and oxygen atoms in total. The predicted molar refractivity (Wildman–Crippen MR) is 277 cm³/mol. The van der Waals surface area contributed by atoms with Gasteiger partial charge >= 0.3 is 0 Å². The summed E-state index contributed by atoms with van der Waals surface area (Å²) >= 11 is 0. The highest BCUT2D eigenvalue weighted by atomic mass is 32.2. The SMILES string of the molecule is CC1(C)c2cc(N(c3ccccc3)c3ccc4c(c3)C(C)(C)c3cc(-c5ccccc5)c5oc6ccccc6c5c3-4)ccc2-c2cc3c(cc21)-c1c(ccc2c1-c1ccccc1S2=O)C3(C)C. The zero-order valence-corrected chi connectivity index (χ0v) is 39.2. The van der Waals surface area contributed by atoms with E-state index in [2.05, 4.69) is 210 Å². The molecule has 0 amide bonds. The Morgan fingerprint density at radius 3 is 1.76 bits per heavy atom. The first-order valence-corrected chi connectivity index (χ1v) is 24.6. The molecule has 1 aliphatic heterocycles. The van der Waals surface area contributed by atoms with Gasteiger partial charge in [0.1, 0.15) is 11.2 Å². The van der Waals surface area contributed by atoms with Crippen LogP contribution >= 0.6 is 0 Å². The fourth-order valence-electron chi connectivity index (χ4n) is 12.6. The van der Waals surface area contributed by atoms with Crippen LogP contribution in [-0.2, 0) is 27.0 Å². The number of fused-ring (bicyclic) bond motifs is 17. The molecular weight excluding hydrogens is 835 g/mol. The molecule has 322 valence electrons. The predicted octanol–water partition coefficient (Wildman–Crippen LogP) is 16.8. The van der Waals surface area contributed by atoms with E-state index in [0.717, 1.165) is 65.7 Å². The van der Waals surface area contributed by atoms with Crippen LogP contribution in [0.4, 0.5) is 17.1 Å². The fourth-order valence-corrected chi connectivity index (χ4v) is 14.0. The molecule has 1 atom stereocenters. The third kappa shape index (κ3) is 5.04. The van der Waals surface area contributed by atoms with Gasteiger partial charge in [0.2, 0.25) is 0 Å². The zero-order chi connectivity index (χ0) is 45.3. The Kier molecular flexibility index (Phi) is 7.68. The van der Waals surface area contributed by atoms with Gasteiger partial charge in [0, 0.05) is 60.8 Å². The van der Waals surface area contributed by atoms with Crippen molar-refractivity contribution in [3.05, 3.63) is 209 Å². The van der Waals surface area contributed by atoms with Crippen LogP contribution in [0.15, 0.2) is 190 Å². The number of hydrogen-bond donors (Lipinski definition) is 0. The Balaban J connectivity index is 0.920. The molecule has 0 fully saturated rings. The normalized spacial score (nSPS) is 16.8. The van der Waals surface area contributed by atoms with Crippen molar-refractivity contribution in [2.45, 2.75) is 67.6 Å². The van der Waals surface area contributed by atoms with E-state index in [1.165, 1.54) is 72.1 Å². The molecular formula is C63H47NO2S. The Morgan fingerprint density at radius 2 is 0.985 bits per heavy atom. The van der Waals surface area contributed by atoms with Crippen molar-refractivity contribution in [2.24, 2.45) is 0 Å². The minimum absolute atomic E-state index is 0.217. The third-order valence-corrected chi connectivity index (χ3v) is 17.5. The highest BCUT2D eigenvalue weighted by Crippen LogP contribution is 2.61. The molecule has 14 rings (SSSR count). The van der Waals surface area contributed by atoms with Crippen molar-refractivity contribution < 1.29 is 8.63 Å². The van der Waals surface area contributed by atoms with Gasteiger partial charge in [-0.2, -0.15) is 0 Å². The molecule has 0 spiro atoms. The van der Waals surface area contributed by atoms with E-state index in [4.69, 9.17) is 4.42 Å². The molecule has 4 aliphatic rings. The molecule has 0 saturated carbocycles. The summed E-state index contributed by atoms with van der Waals surface area (Å²) in [6.45, 7) is 14.3. The average Bonchev–Trinajstić information content (AvgIpc) is 4.06. The molecule has 10 aromatic rings. The second kappa shape index (κ2) is 13.2. The quantitative estimate of drug-likeness (QED) is 0.177. The number of rotatable bonds is 4. The van der Waals surface area contributed by atoms with Gasteiger partial charge in [0.25, 0.3) is 0 Å². The number of para-hydroxylation sites is 2. The molecule has 0 bridgehead atoms. The standard InChI is InChI=1S/C63H47NO2S/c1-61(2)47-29-30-55-58(43-22-14-16-24-54(43)67(55)65)57(47)46-35-50-45(34-51(46)61)40-27-25-38(31-48(40)62(50,3)4)64(37-19-11-8-12-20-37)39-26-28-41-49(32-39)63(5,6)52-33-44(36-17-9-7-10-18-36)60-59(56(41)52)42-21-13-15-23-53(42)66-60/h7-35H,1-6H3. The molecule has 0 N–H and O–H groups in total. The molecule has 9 aromatic carbocycles. The summed E-state index contributed by atoms with van der Waals surface area (Å²) in [5.74, 6) is 0. The highest BCUT2D eigenvalue weighted by Gasteiger charge is 2.45. The zero-order valence-electron chi connectivity index (χ0n) is 38.4. The second-order valence-electron chi connectivity index (χ2n) is 20.6. The number of anilines is 3. The maximum absolute atomic E-state index is 13.9. The van der Waals surface area contributed by atoms with Crippen LogP contribution in [0.2, 0.25) is 0 Å². The van der Waals surface area contributed by atoms with Crippen LogP contribution in [0.3, 0.4) is 0 Å². The number of furan rings is 1. The maximum Gasteiger partial charge on any atom is 0.143 e. The molecule has 67 heavy (non-hydrogen) atoms. The summed E-state index contributed by atoms with van der Waals surface area (Å²) in [6.07, 6.45) is 0. The van der Waals surface area contributed by atoms with Crippen molar-refractivity contribution in [1.82, 2.24) is 0 Å². The van der Waals surface area contributed by atoms with Gasteiger partial charge in [-0.3, -0.25) is 0 Å². The van der Waals surface area contributed by atoms with Crippen LogP contribution in [-0.4, -0.2) is 4.21 Å². The minimum Gasteiger partial charge on any atom is -0.455 e. The van der Waals surface area contributed by atoms with Crippen LogP contribution in [0.1, 0.15) is 74.9 Å². The Morgan fingerprint density at radius 1 is 0.403 bits per heavy atom. The largest absolute Gasteiger partial charge is 0.455 e. The lowest BCUT2D eigenvalue weighted by Gasteiger charge is -2.29. The van der Waals surface area contributed by atoms with E-state index in [9.17, 15) is 4.21 Å². The Hall–Kier alpha value is -7.27. The van der Waals surface area contributed by atoms with Gasteiger partial charge in [0.15, 0.2) is 0 Å². The van der Waals surface area contributed by atoms with Gasteiger partial charge in [-0.25, -0.2) is 4.21 Å². The lowest BCUT2D eigenvalue weighted by Crippen LogP contribution is -2.18. The Bertz CT molecular complexity index is 3850. The topological polar surface area (TPSA) is 33.5 Å². The van der Waals surface area contributed by atoms with E-state index in [-0.39, 0.29) is 16.2 Å². The van der Waals surface area contributed by atoms with E-state index in [0.29, 0.717) is 0 Å². The third-order valence-electron chi connectivity index (χ3n) is 16.0. The van der Waals surface area contributed by atoms with Crippen LogP contribution in [0.25, 0.3) is 77.6 Å². The van der Waals surface area contributed by atoms with Crippen molar-refractivity contribution in [3.63, 3.8) is 0 Å². The van der Waals surface area contributed by atoms with Gasteiger partial charge in [-0.15, -0.1) is 0 Å². The summed E-state index contributed by atoms with van der Waals surface area (Å²) in [4.78, 5) is 4.28. The summed E-state index contributed by atoms with van der Waals surface area (Å²) in [6, 6.07) is 64.3. The minimum atomic E-state index is -1.19. The van der Waals surface area contributed by atoms with Crippen molar-refractivity contribution in [3.8, 4) is 55.6 Å². The molecule has 4 heteroatoms. The summed E-state index contributed by atoms with van der Waals surface area (Å²) in [5.41, 5.74) is 24.6. The first kappa shape index (κ1) is 38.9. The molecule has 3 aliphatic carbocycles. The molecule has 1 aromatic heterocycles. The van der Waals surface area contributed by atoms with Gasteiger partial charge in [-0.05, 0) is 145 Å². The van der Waals surface area contributed by atoms with Gasteiger partial charge in [-0.1, -0.05) is 145 Å². The first-order chi connectivity index (χ1) is 32.4. The number of nitrogens with zero attached hydrogens (tertiary/aromatic N) is 1. The highest BCUT2D eigenvalue weighted by molar-refractivity contribution is 7.85. The summed E-state index contributed by atoms with van der Waals surface area (Å²) in [7, 11) is -1.19. The van der Waals surface area contributed by atoms with Gasteiger partial charge < -0.3 is 9.32 Å². The lowest BCUT2D eigenvalue weighted by molar-refractivity contribution is 0.652. The van der Waals surface area contributed by atoms with E-state index < -0.39 is 10.8 Å².